The van der Waals surface area contributed by atoms with Crippen molar-refractivity contribution < 1.29 is 9.13 Å². The van der Waals surface area contributed by atoms with E-state index in [-0.39, 0.29) is 11.9 Å². The van der Waals surface area contributed by atoms with Gasteiger partial charge >= 0.3 is 0 Å². The van der Waals surface area contributed by atoms with Crippen LogP contribution in [0, 0.1) is 5.82 Å². The summed E-state index contributed by atoms with van der Waals surface area (Å²) in [6.07, 6.45) is 2.50. The Bertz CT molecular complexity index is 552. The Morgan fingerprint density at radius 1 is 1.29 bits per heavy atom. The van der Waals surface area contributed by atoms with Gasteiger partial charge in [0.05, 0.1) is 18.3 Å². The summed E-state index contributed by atoms with van der Waals surface area (Å²) in [5.74, 6) is 0.797. The van der Waals surface area contributed by atoms with E-state index >= 15 is 0 Å². The van der Waals surface area contributed by atoms with E-state index in [1.807, 2.05) is 12.1 Å². The molecule has 2 fully saturated rings. The number of piperazine rings is 1. The average Bonchev–Trinajstić information content (AvgIpc) is 3.13. The minimum absolute atomic E-state index is 0.148. The maximum absolute atomic E-state index is 13.9. The van der Waals surface area contributed by atoms with Gasteiger partial charge < -0.3 is 19.9 Å². The van der Waals surface area contributed by atoms with E-state index < -0.39 is 0 Å². The summed E-state index contributed by atoms with van der Waals surface area (Å²) in [4.78, 5) is 9.11. The summed E-state index contributed by atoms with van der Waals surface area (Å²) < 4.78 is 19.6. The molecule has 5 nitrogen and oxygen atoms in total. The first-order valence-corrected chi connectivity index (χ1v) is 8.92. The summed E-state index contributed by atoms with van der Waals surface area (Å²) in [5.41, 5.74) is 0.693. The first kappa shape index (κ1) is 17.0. The first-order chi connectivity index (χ1) is 11.8. The van der Waals surface area contributed by atoms with Gasteiger partial charge in [0, 0.05) is 39.3 Å². The van der Waals surface area contributed by atoms with Crippen molar-refractivity contribution in [2.45, 2.75) is 25.9 Å². The first-order valence-electron chi connectivity index (χ1n) is 8.92. The number of aliphatic imine (C=N–C) groups is 1. The van der Waals surface area contributed by atoms with Gasteiger partial charge in [0.2, 0.25) is 0 Å². The second-order valence-electron chi connectivity index (χ2n) is 6.26. The number of nitrogens with one attached hydrogen (secondary N) is 1. The van der Waals surface area contributed by atoms with Crippen LogP contribution in [0.5, 0.6) is 0 Å². The highest BCUT2D eigenvalue weighted by atomic mass is 19.1. The van der Waals surface area contributed by atoms with Gasteiger partial charge in [0.25, 0.3) is 0 Å². The van der Waals surface area contributed by atoms with Crippen molar-refractivity contribution in [1.82, 2.24) is 10.2 Å². The number of anilines is 1. The van der Waals surface area contributed by atoms with Gasteiger partial charge in [-0.2, -0.15) is 0 Å². The minimum atomic E-state index is -0.148. The fraction of sp³-hybridized carbons (Fsp3) is 0.611. The Labute approximate surface area is 143 Å². The normalized spacial score (nSPS) is 22.1. The van der Waals surface area contributed by atoms with Crippen molar-refractivity contribution in [3.8, 4) is 0 Å². The van der Waals surface area contributed by atoms with Gasteiger partial charge in [0.15, 0.2) is 5.96 Å². The van der Waals surface area contributed by atoms with E-state index in [4.69, 9.17) is 9.73 Å². The smallest absolute Gasteiger partial charge is 0.194 e. The molecule has 1 aromatic carbocycles. The molecule has 1 unspecified atom stereocenters. The summed E-state index contributed by atoms with van der Waals surface area (Å²) in [6.45, 7) is 7.77. The van der Waals surface area contributed by atoms with Crippen LogP contribution in [0.15, 0.2) is 29.3 Å². The molecule has 132 valence electrons. The van der Waals surface area contributed by atoms with Crippen LogP contribution >= 0.6 is 0 Å². The Morgan fingerprint density at radius 3 is 2.75 bits per heavy atom. The molecule has 1 atom stereocenters. The molecular formula is C18H27FN4O. The zero-order valence-electron chi connectivity index (χ0n) is 14.4. The average molecular weight is 334 g/mol. The molecule has 0 radical (unpaired) electrons. The lowest BCUT2D eigenvalue weighted by Gasteiger charge is -2.37. The van der Waals surface area contributed by atoms with Crippen LogP contribution in [0.4, 0.5) is 10.1 Å². The number of rotatable bonds is 4. The summed E-state index contributed by atoms with van der Waals surface area (Å²) in [6, 6.07) is 6.99. The molecule has 3 rings (SSSR count). The Morgan fingerprint density at radius 2 is 2.08 bits per heavy atom. The van der Waals surface area contributed by atoms with Crippen LogP contribution in [0.3, 0.4) is 0 Å². The Hall–Kier alpha value is -1.82. The summed E-state index contributed by atoms with van der Waals surface area (Å²) in [5, 5.41) is 3.37. The van der Waals surface area contributed by atoms with Crippen molar-refractivity contribution in [1.29, 1.82) is 0 Å². The van der Waals surface area contributed by atoms with Crippen molar-refractivity contribution in [2.24, 2.45) is 4.99 Å². The topological polar surface area (TPSA) is 40.1 Å². The van der Waals surface area contributed by atoms with E-state index in [0.717, 1.165) is 64.7 Å². The van der Waals surface area contributed by atoms with Crippen LogP contribution in [0.2, 0.25) is 0 Å². The lowest BCUT2D eigenvalue weighted by atomic mass is 10.2. The van der Waals surface area contributed by atoms with E-state index in [1.54, 1.807) is 6.07 Å². The molecule has 2 aliphatic rings. The van der Waals surface area contributed by atoms with E-state index in [1.165, 1.54) is 6.07 Å². The van der Waals surface area contributed by atoms with Gasteiger partial charge in [-0.1, -0.05) is 12.1 Å². The lowest BCUT2D eigenvalue weighted by molar-refractivity contribution is 0.117. The Balaban J connectivity index is 1.58. The summed E-state index contributed by atoms with van der Waals surface area (Å²) >= 11 is 0. The lowest BCUT2D eigenvalue weighted by Crippen LogP contribution is -2.53. The number of para-hydroxylation sites is 1. The number of ether oxygens (including phenoxy) is 1. The zero-order chi connectivity index (χ0) is 16.8. The molecule has 24 heavy (non-hydrogen) atoms. The van der Waals surface area contributed by atoms with Crippen molar-refractivity contribution >= 4 is 11.6 Å². The van der Waals surface area contributed by atoms with E-state index in [9.17, 15) is 4.39 Å². The molecule has 2 aliphatic heterocycles. The third kappa shape index (κ3) is 4.17. The zero-order valence-corrected chi connectivity index (χ0v) is 14.4. The molecule has 0 spiro atoms. The van der Waals surface area contributed by atoms with E-state index in [0.29, 0.717) is 5.69 Å². The Kier molecular flexibility index (Phi) is 5.91. The maximum Gasteiger partial charge on any atom is 0.194 e. The predicted octanol–water partition coefficient (Wildman–Crippen LogP) is 2.09. The highest BCUT2D eigenvalue weighted by molar-refractivity contribution is 5.80. The predicted molar refractivity (Wildman–Crippen MR) is 95.1 cm³/mol. The number of benzene rings is 1. The molecule has 0 saturated carbocycles. The second-order valence-corrected chi connectivity index (χ2v) is 6.26. The summed E-state index contributed by atoms with van der Waals surface area (Å²) in [7, 11) is 0. The van der Waals surface area contributed by atoms with Crippen LogP contribution in [0.25, 0.3) is 0 Å². The number of guanidine groups is 1. The van der Waals surface area contributed by atoms with Gasteiger partial charge in [-0.05, 0) is 31.9 Å². The molecule has 0 amide bonds. The SMILES string of the molecule is CCNC(=NCC1CCCO1)N1CCN(c2ccccc2F)CC1. The highest BCUT2D eigenvalue weighted by Gasteiger charge is 2.22. The fourth-order valence-corrected chi connectivity index (χ4v) is 3.27. The molecule has 1 N–H and O–H groups in total. The fourth-order valence-electron chi connectivity index (χ4n) is 3.27. The maximum atomic E-state index is 13.9. The van der Waals surface area contributed by atoms with Crippen molar-refractivity contribution in [3.05, 3.63) is 30.1 Å². The van der Waals surface area contributed by atoms with Crippen molar-refractivity contribution in [3.63, 3.8) is 0 Å². The minimum Gasteiger partial charge on any atom is -0.376 e. The second kappa shape index (κ2) is 8.33. The molecule has 1 aromatic rings. The van der Waals surface area contributed by atoms with Crippen molar-refractivity contribution in [2.75, 3.05) is 50.8 Å². The van der Waals surface area contributed by atoms with E-state index in [2.05, 4.69) is 22.0 Å². The van der Waals surface area contributed by atoms with Crippen LogP contribution in [-0.4, -0.2) is 62.8 Å². The number of hydrogen-bond donors (Lipinski definition) is 1. The largest absolute Gasteiger partial charge is 0.376 e. The van der Waals surface area contributed by atoms with Gasteiger partial charge in [-0.15, -0.1) is 0 Å². The molecule has 0 aliphatic carbocycles. The highest BCUT2D eigenvalue weighted by Crippen LogP contribution is 2.20. The molecule has 2 saturated heterocycles. The number of halogens is 1. The van der Waals surface area contributed by atoms with Crippen LogP contribution in [-0.2, 0) is 4.74 Å². The molecule has 6 heteroatoms. The molecular weight excluding hydrogens is 307 g/mol. The van der Waals surface area contributed by atoms with Crippen LogP contribution in [0.1, 0.15) is 19.8 Å². The third-order valence-corrected chi connectivity index (χ3v) is 4.58. The number of nitrogens with zero attached hydrogens (tertiary/aromatic N) is 3. The van der Waals surface area contributed by atoms with Gasteiger partial charge in [-0.3, -0.25) is 4.99 Å². The quantitative estimate of drug-likeness (QED) is 0.676. The van der Waals surface area contributed by atoms with Gasteiger partial charge in [-0.25, -0.2) is 4.39 Å². The third-order valence-electron chi connectivity index (χ3n) is 4.58. The molecule has 2 heterocycles. The standard InChI is InChI=1S/C18H27FN4O/c1-2-20-18(21-14-15-6-5-13-24-15)23-11-9-22(10-12-23)17-8-4-3-7-16(17)19/h3-4,7-8,15H,2,5-6,9-14H2,1H3,(H,20,21). The van der Waals surface area contributed by atoms with Gasteiger partial charge in [0.1, 0.15) is 5.82 Å². The molecule has 0 aromatic heterocycles. The monoisotopic (exact) mass is 334 g/mol. The van der Waals surface area contributed by atoms with Crippen LogP contribution < -0.4 is 10.2 Å². The number of hydrogen-bond acceptors (Lipinski definition) is 3. The molecule has 0 bridgehead atoms.